The quantitative estimate of drug-likeness (QED) is 0.830. The number of benzene rings is 2. The lowest BCUT2D eigenvalue weighted by Crippen LogP contribution is -2.14. The molecule has 0 aliphatic rings. The maximum absolute atomic E-state index is 11.8. The lowest BCUT2D eigenvalue weighted by Gasteiger charge is -2.06. The van der Waals surface area contributed by atoms with Crippen molar-refractivity contribution in [2.75, 3.05) is 5.32 Å². The molecule has 0 atom stereocenters. The minimum atomic E-state index is -0.135. The number of hydrogen-bond donors (Lipinski definition) is 2. The van der Waals surface area contributed by atoms with Crippen LogP contribution in [-0.2, 0) is 11.2 Å². The molecule has 0 saturated carbocycles. The Morgan fingerprint density at radius 3 is 2.53 bits per heavy atom. The van der Waals surface area contributed by atoms with E-state index in [1.807, 2.05) is 24.3 Å². The number of nitrogens with one attached hydrogen (secondary N) is 1. The maximum atomic E-state index is 11.8. The van der Waals surface area contributed by atoms with E-state index in [0.717, 1.165) is 10.0 Å². The zero-order valence-corrected chi connectivity index (χ0v) is 12.2. The summed E-state index contributed by atoms with van der Waals surface area (Å²) >= 11 is 9.11. The molecule has 0 bridgehead atoms. The van der Waals surface area contributed by atoms with Crippen molar-refractivity contribution in [3.8, 4) is 5.75 Å². The van der Waals surface area contributed by atoms with E-state index in [2.05, 4.69) is 21.2 Å². The van der Waals surface area contributed by atoms with Gasteiger partial charge in [0.05, 0.1) is 11.4 Å². The van der Waals surface area contributed by atoms with Crippen molar-refractivity contribution in [2.24, 2.45) is 0 Å². The third-order valence-corrected chi connectivity index (χ3v) is 3.34. The number of rotatable bonds is 3. The van der Waals surface area contributed by atoms with Gasteiger partial charge in [0.15, 0.2) is 0 Å². The van der Waals surface area contributed by atoms with Gasteiger partial charge in [-0.15, -0.1) is 0 Å². The standard InChI is InChI=1S/C14H11BrClNO2/c15-10-3-1-9(2-4-10)7-14(19)17-11-5-6-13(18)12(16)8-11/h1-6,8,18H,7H2,(H,17,19). The monoisotopic (exact) mass is 339 g/mol. The molecular formula is C14H11BrClNO2. The summed E-state index contributed by atoms with van der Waals surface area (Å²) in [6, 6.07) is 12.1. The van der Waals surface area contributed by atoms with Gasteiger partial charge in [0, 0.05) is 10.2 Å². The fourth-order valence-electron chi connectivity index (χ4n) is 1.58. The molecule has 0 radical (unpaired) electrons. The Morgan fingerprint density at radius 1 is 1.21 bits per heavy atom. The average Bonchev–Trinajstić information content (AvgIpc) is 2.37. The molecule has 0 heterocycles. The van der Waals surface area contributed by atoms with Crippen LogP contribution in [0.4, 0.5) is 5.69 Å². The summed E-state index contributed by atoms with van der Waals surface area (Å²) in [5.74, 6) is -0.142. The lowest BCUT2D eigenvalue weighted by molar-refractivity contribution is -0.115. The summed E-state index contributed by atoms with van der Waals surface area (Å²) in [6.45, 7) is 0. The largest absolute Gasteiger partial charge is 0.506 e. The van der Waals surface area contributed by atoms with Crippen LogP contribution in [0.5, 0.6) is 5.75 Å². The van der Waals surface area contributed by atoms with E-state index >= 15 is 0 Å². The van der Waals surface area contributed by atoms with Gasteiger partial charge in [-0.25, -0.2) is 0 Å². The van der Waals surface area contributed by atoms with Crippen LogP contribution in [-0.4, -0.2) is 11.0 Å². The first-order valence-corrected chi connectivity index (χ1v) is 6.74. The molecule has 2 N–H and O–H groups in total. The summed E-state index contributed by atoms with van der Waals surface area (Å²) in [4.78, 5) is 11.8. The Labute approximate surface area is 124 Å². The average molecular weight is 341 g/mol. The molecule has 98 valence electrons. The number of aromatic hydroxyl groups is 1. The number of amides is 1. The minimum absolute atomic E-state index is 0.00687. The molecule has 0 aromatic heterocycles. The first-order valence-electron chi connectivity index (χ1n) is 5.57. The Hall–Kier alpha value is -1.52. The maximum Gasteiger partial charge on any atom is 0.228 e. The van der Waals surface area contributed by atoms with Gasteiger partial charge in [0.1, 0.15) is 5.75 Å². The predicted octanol–water partition coefficient (Wildman–Crippen LogP) is 3.99. The first kappa shape index (κ1) is 13.9. The second-order valence-corrected chi connectivity index (χ2v) is 5.34. The highest BCUT2D eigenvalue weighted by atomic mass is 79.9. The Bertz CT molecular complexity index is 599. The number of halogens is 2. The van der Waals surface area contributed by atoms with Crippen LogP contribution in [0, 0.1) is 0 Å². The van der Waals surface area contributed by atoms with Crippen LogP contribution >= 0.6 is 27.5 Å². The van der Waals surface area contributed by atoms with Crippen LogP contribution in [0.25, 0.3) is 0 Å². The summed E-state index contributed by atoms with van der Waals surface area (Å²) in [7, 11) is 0. The Morgan fingerprint density at radius 2 is 1.89 bits per heavy atom. The fourth-order valence-corrected chi connectivity index (χ4v) is 2.02. The summed E-state index contributed by atoms with van der Waals surface area (Å²) in [6.07, 6.45) is 0.284. The van der Waals surface area contributed by atoms with Crippen LogP contribution in [0.1, 0.15) is 5.56 Å². The van der Waals surface area contributed by atoms with E-state index in [4.69, 9.17) is 11.6 Å². The normalized spacial score (nSPS) is 10.2. The molecule has 0 aliphatic carbocycles. The second kappa shape index (κ2) is 6.08. The van der Waals surface area contributed by atoms with E-state index in [0.29, 0.717) is 5.69 Å². The summed E-state index contributed by atoms with van der Waals surface area (Å²) in [5.41, 5.74) is 1.48. The number of carbonyl (C=O) groups excluding carboxylic acids is 1. The van der Waals surface area contributed by atoms with E-state index in [-0.39, 0.29) is 23.1 Å². The van der Waals surface area contributed by atoms with Crippen LogP contribution in [0.2, 0.25) is 5.02 Å². The molecule has 0 unspecified atom stereocenters. The van der Waals surface area contributed by atoms with Crippen molar-refractivity contribution in [1.82, 2.24) is 0 Å². The van der Waals surface area contributed by atoms with Gasteiger partial charge in [0.25, 0.3) is 0 Å². The van der Waals surface area contributed by atoms with E-state index in [1.165, 1.54) is 12.1 Å². The van der Waals surface area contributed by atoms with Gasteiger partial charge in [0.2, 0.25) is 5.91 Å². The van der Waals surface area contributed by atoms with Gasteiger partial charge in [-0.2, -0.15) is 0 Å². The zero-order chi connectivity index (χ0) is 13.8. The molecule has 0 spiro atoms. The summed E-state index contributed by atoms with van der Waals surface area (Å²) < 4.78 is 0.974. The van der Waals surface area contributed by atoms with Crippen LogP contribution in [0.3, 0.4) is 0 Å². The molecular weight excluding hydrogens is 330 g/mol. The fraction of sp³-hybridized carbons (Fsp3) is 0.0714. The van der Waals surface area contributed by atoms with Gasteiger partial charge in [-0.3, -0.25) is 4.79 Å². The van der Waals surface area contributed by atoms with Crippen molar-refractivity contribution in [3.63, 3.8) is 0 Å². The molecule has 5 heteroatoms. The first-order chi connectivity index (χ1) is 9.04. The number of phenols is 1. The number of carbonyl (C=O) groups is 1. The minimum Gasteiger partial charge on any atom is -0.506 e. The highest BCUT2D eigenvalue weighted by molar-refractivity contribution is 9.10. The smallest absolute Gasteiger partial charge is 0.228 e. The van der Waals surface area contributed by atoms with Crippen molar-refractivity contribution in [3.05, 3.63) is 57.5 Å². The highest BCUT2D eigenvalue weighted by Crippen LogP contribution is 2.26. The number of hydrogen-bond acceptors (Lipinski definition) is 2. The van der Waals surface area contributed by atoms with Gasteiger partial charge < -0.3 is 10.4 Å². The summed E-state index contributed by atoms with van der Waals surface area (Å²) in [5, 5.41) is 12.2. The van der Waals surface area contributed by atoms with Gasteiger partial charge in [-0.05, 0) is 35.9 Å². The van der Waals surface area contributed by atoms with Crippen molar-refractivity contribution in [2.45, 2.75) is 6.42 Å². The lowest BCUT2D eigenvalue weighted by atomic mass is 10.1. The van der Waals surface area contributed by atoms with Crippen LogP contribution in [0.15, 0.2) is 46.9 Å². The van der Waals surface area contributed by atoms with Crippen molar-refractivity contribution >= 4 is 39.1 Å². The third kappa shape index (κ3) is 3.98. The van der Waals surface area contributed by atoms with Crippen molar-refractivity contribution < 1.29 is 9.90 Å². The Kier molecular flexibility index (Phi) is 4.45. The topological polar surface area (TPSA) is 49.3 Å². The zero-order valence-electron chi connectivity index (χ0n) is 9.86. The molecule has 19 heavy (non-hydrogen) atoms. The molecule has 0 saturated heterocycles. The number of anilines is 1. The van der Waals surface area contributed by atoms with E-state index in [1.54, 1.807) is 6.07 Å². The molecule has 1 amide bonds. The van der Waals surface area contributed by atoms with Gasteiger partial charge in [-0.1, -0.05) is 39.7 Å². The van der Waals surface area contributed by atoms with E-state index in [9.17, 15) is 9.90 Å². The van der Waals surface area contributed by atoms with Gasteiger partial charge >= 0.3 is 0 Å². The molecule has 2 rings (SSSR count). The third-order valence-electron chi connectivity index (χ3n) is 2.51. The van der Waals surface area contributed by atoms with Crippen LogP contribution < -0.4 is 5.32 Å². The molecule has 0 fully saturated rings. The second-order valence-electron chi connectivity index (χ2n) is 4.02. The molecule has 0 aliphatic heterocycles. The molecule has 2 aromatic rings. The molecule has 3 nitrogen and oxygen atoms in total. The highest BCUT2D eigenvalue weighted by Gasteiger charge is 2.06. The van der Waals surface area contributed by atoms with E-state index < -0.39 is 0 Å². The predicted molar refractivity (Wildman–Crippen MR) is 79.6 cm³/mol. The molecule has 2 aromatic carbocycles. The number of phenolic OH excluding ortho intramolecular Hbond substituents is 1. The Balaban J connectivity index is 2.01. The SMILES string of the molecule is O=C(Cc1ccc(Br)cc1)Nc1ccc(O)c(Cl)c1. The van der Waals surface area contributed by atoms with Crippen molar-refractivity contribution in [1.29, 1.82) is 0 Å².